The zero-order valence-corrected chi connectivity index (χ0v) is 17.7. The second-order valence-corrected chi connectivity index (χ2v) is 6.90. The summed E-state index contributed by atoms with van der Waals surface area (Å²) in [5, 5.41) is 17.3. The number of nitrogens with zero attached hydrogens (tertiary/aromatic N) is 5. The predicted octanol–water partition coefficient (Wildman–Crippen LogP) is 3.26. The molecule has 0 fully saturated rings. The van der Waals surface area contributed by atoms with Gasteiger partial charge >= 0.3 is 0 Å². The Hall–Kier alpha value is -3.34. The number of allylic oxidation sites excluding steroid dienone is 1. The third kappa shape index (κ3) is 6.08. The van der Waals surface area contributed by atoms with Gasteiger partial charge in [0.1, 0.15) is 23.3 Å². The van der Waals surface area contributed by atoms with Gasteiger partial charge < -0.3 is 16.0 Å². The van der Waals surface area contributed by atoms with E-state index in [1.165, 1.54) is 16.8 Å². The number of hydrogen-bond donors (Lipinski definition) is 2. The molecule has 3 N–H and O–H groups in total. The molecule has 160 valence electrons. The first-order valence-electron chi connectivity index (χ1n) is 10.2. The molecule has 0 aliphatic rings. The summed E-state index contributed by atoms with van der Waals surface area (Å²) in [6, 6.07) is 7.98. The van der Waals surface area contributed by atoms with E-state index in [4.69, 9.17) is 5.73 Å². The van der Waals surface area contributed by atoms with Crippen LogP contribution >= 0.6 is 0 Å². The lowest BCUT2D eigenvalue weighted by atomic mass is 10.1. The molecule has 1 heterocycles. The van der Waals surface area contributed by atoms with E-state index in [0.29, 0.717) is 29.9 Å². The van der Waals surface area contributed by atoms with Gasteiger partial charge in [-0.25, -0.2) is 9.07 Å². The van der Waals surface area contributed by atoms with E-state index < -0.39 is 0 Å². The summed E-state index contributed by atoms with van der Waals surface area (Å²) < 4.78 is 14.7. The van der Waals surface area contributed by atoms with E-state index in [2.05, 4.69) is 33.0 Å². The molecule has 0 saturated heterocycles. The quantitative estimate of drug-likeness (QED) is 0.271. The van der Waals surface area contributed by atoms with Crippen LogP contribution in [0.4, 0.5) is 10.2 Å². The first-order valence-corrected chi connectivity index (χ1v) is 10.2. The maximum absolute atomic E-state index is 13.2. The van der Waals surface area contributed by atoms with Crippen LogP contribution in [0.15, 0.2) is 41.9 Å². The molecule has 0 bridgehead atoms. The molecule has 2 rings (SSSR count). The Morgan fingerprint density at radius 2 is 2.13 bits per heavy atom. The standard InChI is InChI=1S/C22H30FN7/c1-4-6-7-15-29(3)22(26-5-2)27-14-8-9-20-19(16-24)21(25)30(28-20)18-12-10-17(23)11-13-18/h4,10-13H,1,5-9,14-15,25H2,2-3H3,(H,26,27). The summed E-state index contributed by atoms with van der Waals surface area (Å²) in [5.74, 6) is 0.783. The largest absolute Gasteiger partial charge is 0.382 e. The van der Waals surface area contributed by atoms with Gasteiger partial charge in [-0.1, -0.05) is 6.08 Å². The first-order chi connectivity index (χ1) is 14.5. The Labute approximate surface area is 177 Å². The van der Waals surface area contributed by atoms with Crippen molar-refractivity contribution in [2.75, 3.05) is 32.4 Å². The Bertz CT molecular complexity index is 893. The normalized spacial score (nSPS) is 11.2. The number of nitriles is 1. The highest BCUT2D eigenvalue weighted by Gasteiger charge is 2.16. The number of hydrogen-bond acceptors (Lipinski definition) is 4. The number of aromatic nitrogens is 2. The minimum absolute atomic E-state index is 0.262. The Kier molecular flexibility index (Phi) is 8.88. The maximum Gasteiger partial charge on any atom is 0.193 e. The average Bonchev–Trinajstić information content (AvgIpc) is 3.06. The highest BCUT2D eigenvalue weighted by molar-refractivity contribution is 5.79. The van der Waals surface area contributed by atoms with Crippen molar-refractivity contribution in [2.24, 2.45) is 4.99 Å². The molecule has 30 heavy (non-hydrogen) atoms. The molecule has 0 radical (unpaired) electrons. The van der Waals surface area contributed by atoms with E-state index in [1.54, 1.807) is 12.1 Å². The number of aryl methyl sites for hydroxylation is 1. The van der Waals surface area contributed by atoms with E-state index in [1.807, 2.05) is 20.0 Å². The highest BCUT2D eigenvalue weighted by atomic mass is 19.1. The molecule has 0 saturated carbocycles. The third-order valence-electron chi connectivity index (χ3n) is 4.61. The van der Waals surface area contributed by atoms with E-state index in [0.717, 1.165) is 38.3 Å². The topological polar surface area (TPSA) is 95.3 Å². The van der Waals surface area contributed by atoms with Crippen molar-refractivity contribution >= 4 is 11.8 Å². The van der Waals surface area contributed by atoms with Gasteiger partial charge in [-0.2, -0.15) is 10.4 Å². The van der Waals surface area contributed by atoms with Crippen LogP contribution in [-0.4, -0.2) is 47.3 Å². The molecule has 0 amide bonds. The first kappa shape index (κ1) is 22.9. The molecule has 0 spiro atoms. The van der Waals surface area contributed by atoms with Crippen molar-refractivity contribution in [2.45, 2.75) is 32.6 Å². The van der Waals surface area contributed by atoms with Gasteiger partial charge in [0.2, 0.25) is 0 Å². The predicted molar refractivity (Wildman–Crippen MR) is 119 cm³/mol. The maximum atomic E-state index is 13.2. The SMILES string of the molecule is C=CCCCN(C)C(=NCCCc1nn(-c2ccc(F)cc2)c(N)c1C#N)NCC. The van der Waals surface area contributed by atoms with Gasteiger partial charge in [-0.05, 0) is 56.9 Å². The molecule has 8 heteroatoms. The Balaban J connectivity index is 2.04. The fraction of sp³-hybridized carbons (Fsp3) is 0.409. The molecule has 1 aromatic heterocycles. The van der Waals surface area contributed by atoms with Gasteiger partial charge in [0, 0.05) is 26.7 Å². The van der Waals surface area contributed by atoms with E-state index in [-0.39, 0.29) is 11.6 Å². The Morgan fingerprint density at radius 3 is 2.77 bits per heavy atom. The van der Waals surface area contributed by atoms with Crippen LogP contribution in [-0.2, 0) is 6.42 Å². The lowest BCUT2D eigenvalue weighted by Crippen LogP contribution is -2.39. The number of nitrogen functional groups attached to an aromatic ring is 1. The zero-order valence-electron chi connectivity index (χ0n) is 17.7. The smallest absolute Gasteiger partial charge is 0.193 e. The molecule has 7 nitrogen and oxygen atoms in total. The summed E-state index contributed by atoms with van der Waals surface area (Å²) in [6.07, 6.45) is 5.21. The Morgan fingerprint density at radius 1 is 1.40 bits per heavy atom. The lowest BCUT2D eigenvalue weighted by Gasteiger charge is -2.21. The van der Waals surface area contributed by atoms with Gasteiger partial charge in [0.25, 0.3) is 0 Å². The molecule has 1 aromatic carbocycles. The van der Waals surface area contributed by atoms with Gasteiger partial charge in [0.15, 0.2) is 5.96 Å². The number of nitrogens with one attached hydrogen (secondary N) is 1. The number of nitrogens with two attached hydrogens (primary N) is 1. The minimum Gasteiger partial charge on any atom is -0.382 e. The van der Waals surface area contributed by atoms with Crippen LogP contribution in [0.5, 0.6) is 0 Å². The van der Waals surface area contributed by atoms with Crippen molar-refractivity contribution in [3.8, 4) is 11.8 Å². The average molecular weight is 412 g/mol. The highest BCUT2D eigenvalue weighted by Crippen LogP contribution is 2.21. The van der Waals surface area contributed by atoms with Gasteiger partial charge in [0.05, 0.1) is 11.4 Å². The van der Waals surface area contributed by atoms with Crippen LogP contribution < -0.4 is 11.1 Å². The van der Waals surface area contributed by atoms with Crippen molar-refractivity contribution in [3.05, 3.63) is 54.0 Å². The van der Waals surface area contributed by atoms with Crippen LogP contribution in [0.25, 0.3) is 5.69 Å². The summed E-state index contributed by atoms with van der Waals surface area (Å²) in [4.78, 5) is 6.78. The fourth-order valence-corrected chi connectivity index (χ4v) is 3.03. The summed E-state index contributed by atoms with van der Waals surface area (Å²) in [5.41, 5.74) is 7.71. The number of aliphatic imine (C=N–C) groups is 1. The molecular formula is C22H30FN7. The van der Waals surface area contributed by atoms with Gasteiger partial charge in [-0.15, -0.1) is 6.58 Å². The fourth-order valence-electron chi connectivity index (χ4n) is 3.03. The van der Waals surface area contributed by atoms with Crippen molar-refractivity contribution in [3.63, 3.8) is 0 Å². The molecular weight excluding hydrogens is 381 g/mol. The van der Waals surface area contributed by atoms with E-state index in [9.17, 15) is 9.65 Å². The lowest BCUT2D eigenvalue weighted by molar-refractivity contribution is 0.469. The number of unbranched alkanes of at least 4 members (excludes halogenated alkanes) is 1. The molecule has 0 aliphatic carbocycles. The van der Waals surface area contributed by atoms with Crippen molar-refractivity contribution < 1.29 is 4.39 Å². The summed E-state index contributed by atoms with van der Waals surface area (Å²) in [7, 11) is 2.02. The zero-order chi connectivity index (χ0) is 21.9. The van der Waals surface area contributed by atoms with Gasteiger partial charge in [-0.3, -0.25) is 4.99 Å². The van der Waals surface area contributed by atoms with Crippen LogP contribution in [0.3, 0.4) is 0 Å². The third-order valence-corrected chi connectivity index (χ3v) is 4.61. The number of halogens is 1. The van der Waals surface area contributed by atoms with Crippen LogP contribution in [0, 0.1) is 17.1 Å². The second kappa shape index (κ2) is 11.6. The van der Waals surface area contributed by atoms with Crippen molar-refractivity contribution in [1.29, 1.82) is 5.26 Å². The monoisotopic (exact) mass is 411 g/mol. The van der Waals surface area contributed by atoms with Crippen LogP contribution in [0.2, 0.25) is 0 Å². The molecule has 0 unspecified atom stereocenters. The number of anilines is 1. The molecule has 2 aromatic rings. The molecule has 0 aliphatic heterocycles. The second-order valence-electron chi connectivity index (χ2n) is 6.90. The number of guanidine groups is 1. The van der Waals surface area contributed by atoms with E-state index >= 15 is 0 Å². The number of rotatable bonds is 10. The van der Waals surface area contributed by atoms with Crippen molar-refractivity contribution in [1.82, 2.24) is 20.0 Å². The summed E-state index contributed by atoms with van der Waals surface area (Å²) >= 11 is 0. The molecule has 0 atom stereocenters. The summed E-state index contributed by atoms with van der Waals surface area (Å²) in [6.45, 7) is 8.08. The minimum atomic E-state index is -0.339. The number of benzene rings is 1. The van der Waals surface area contributed by atoms with Crippen LogP contribution in [0.1, 0.15) is 37.4 Å².